The Kier molecular flexibility index (Phi) is 6.48. The number of ketones is 1. The van der Waals surface area contributed by atoms with Gasteiger partial charge in [0.25, 0.3) is 0 Å². The largest absolute Gasteiger partial charge is 0.451 e. The Morgan fingerprint density at radius 3 is 2.23 bits per heavy atom. The molecule has 26 heavy (non-hydrogen) atoms. The summed E-state index contributed by atoms with van der Waals surface area (Å²) in [6.07, 6.45) is -1.22. The zero-order valence-corrected chi connectivity index (χ0v) is 14.6. The molecule has 2 rings (SSSR count). The highest BCUT2D eigenvalue weighted by molar-refractivity contribution is 6.30. The predicted molar refractivity (Wildman–Crippen MR) is 96.0 cm³/mol. The first-order valence-corrected chi connectivity index (χ1v) is 8.06. The number of amides is 1. The van der Waals surface area contributed by atoms with E-state index < -0.39 is 18.0 Å². The van der Waals surface area contributed by atoms with E-state index in [1.807, 2.05) is 0 Å². The Labute approximate surface area is 155 Å². The van der Waals surface area contributed by atoms with Crippen LogP contribution in [0.3, 0.4) is 0 Å². The molecule has 7 heteroatoms. The lowest BCUT2D eigenvalue weighted by Gasteiger charge is -2.13. The van der Waals surface area contributed by atoms with Gasteiger partial charge in [-0.2, -0.15) is 5.26 Å². The molecular weight excluding hydrogens is 356 g/mol. The number of esters is 1. The number of halogens is 1. The van der Waals surface area contributed by atoms with Crippen molar-refractivity contribution in [1.29, 1.82) is 5.26 Å². The second-order valence-electron chi connectivity index (χ2n) is 5.38. The van der Waals surface area contributed by atoms with Crippen molar-refractivity contribution in [2.24, 2.45) is 0 Å². The molecule has 0 radical (unpaired) electrons. The molecule has 0 unspecified atom stereocenters. The number of nitriles is 1. The third-order valence-electron chi connectivity index (χ3n) is 3.43. The molecule has 0 saturated heterocycles. The van der Waals surface area contributed by atoms with Crippen LogP contribution in [0.15, 0.2) is 48.5 Å². The second-order valence-corrected chi connectivity index (χ2v) is 5.82. The molecule has 1 N–H and O–H groups in total. The molecule has 0 spiro atoms. The lowest BCUT2D eigenvalue weighted by atomic mass is 10.1. The summed E-state index contributed by atoms with van der Waals surface area (Å²) < 4.78 is 5.19. The summed E-state index contributed by atoms with van der Waals surface area (Å²) in [7, 11) is 0. The Balaban J connectivity index is 1.98. The fourth-order valence-electron chi connectivity index (χ4n) is 2.10. The fourth-order valence-corrected chi connectivity index (χ4v) is 2.22. The summed E-state index contributed by atoms with van der Waals surface area (Å²) in [5.41, 5.74) is 1.08. The van der Waals surface area contributed by atoms with Crippen LogP contribution >= 0.6 is 11.6 Å². The summed E-state index contributed by atoms with van der Waals surface area (Å²) in [6.45, 7) is 1.49. The van der Waals surface area contributed by atoms with E-state index in [2.05, 4.69) is 5.32 Å². The highest BCUT2D eigenvalue weighted by Gasteiger charge is 2.20. The number of carbonyl (C=O) groups is 3. The van der Waals surface area contributed by atoms with Gasteiger partial charge in [-0.3, -0.25) is 9.59 Å². The maximum Gasteiger partial charge on any atom is 0.338 e. The van der Waals surface area contributed by atoms with Gasteiger partial charge in [0.15, 0.2) is 6.10 Å². The van der Waals surface area contributed by atoms with E-state index in [-0.39, 0.29) is 17.8 Å². The van der Waals surface area contributed by atoms with Crippen molar-refractivity contribution < 1.29 is 19.1 Å². The van der Waals surface area contributed by atoms with Crippen molar-refractivity contribution in [1.82, 2.24) is 0 Å². The summed E-state index contributed by atoms with van der Waals surface area (Å²) in [5, 5.41) is 11.5. The maximum atomic E-state index is 12.3. The number of nitrogens with zero attached hydrogens (tertiary/aromatic N) is 1. The van der Waals surface area contributed by atoms with E-state index in [9.17, 15) is 14.4 Å². The molecule has 0 aromatic heterocycles. The van der Waals surface area contributed by atoms with Crippen LogP contribution in [0.4, 0.5) is 5.69 Å². The van der Waals surface area contributed by atoms with Crippen molar-refractivity contribution in [3.63, 3.8) is 0 Å². The number of rotatable bonds is 6. The lowest BCUT2D eigenvalue weighted by molar-refractivity contribution is -0.115. The first kappa shape index (κ1) is 19.2. The first-order chi connectivity index (χ1) is 12.4. The number of ether oxygens (including phenoxy) is 1. The quantitative estimate of drug-likeness (QED) is 0.618. The zero-order chi connectivity index (χ0) is 19.1. The molecule has 0 saturated carbocycles. The molecule has 0 aliphatic rings. The summed E-state index contributed by atoms with van der Waals surface area (Å²) in [6, 6.07) is 14.0. The van der Waals surface area contributed by atoms with Crippen LogP contribution in [0.2, 0.25) is 5.02 Å². The average Bonchev–Trinajstić information content (AvgIpc) is 2.62. The Morgan fingerprint density at radius 1 is 1.08 bits per heavy atom. The minimum absolute atomic E-state index is 0.235. The molecule has 2 aromatic carbocycles. The van der Waals surface area contributed by atoms with Crippen molar-refractivity contribution in [2.75, 3.05) is 5.32 Å². The van der Waals surface area contributed by atoms with E-state index in [1.165, 1.54) is 31.2 Å². The smallest absolute Gasteiger partial charge is 0.338 e. The van der Waals surface area contributed by atoms with Gasteiger partial charge in [-0.15, -0.1) is 0 Å². The minimum Gasteiger partial charge on any atom is -0.451 e. The minimum atomic E-state index is -0.960. The molecule has 0 fully saturated rings. The van der Waals surface area contributed by atoms with Gasteiger partial charge in [-0.25, -0.2) is 4.79 Å². The first-order valence-electron chi connectivity index (χ1n) is 7.68. The number of hydrogen-bond donors (Lipinski definition) is 1. The van der Waals surface area contributed by atoms with E-state index in [0.29, 0.717) is 16.3 Å². The Morgan fingerprint density at radius 2 is 1.65 bits per heavy atom. The molecule has 0 aliphatic carbocycles. The summed E-state index contributed by atoms with van der Waals surface area (Å²) >= 11 is 5.78. The van der Waals surface area contributed by atoms with Crippen molar-refractivity contribution in [2.45, 2.75) is 19.4 Å². The normalized spacial score (nSPS) is 11.1. The highest BCUT2D eigenvalue weighted by Crippen LogP contribution is 2.15. The molecule has 1 atom stereocenters. The Hall–Kier alpha value is -3.17. The molecule has 2 aromatic rings. The molecule has 0 aliphatic heterocycles. The van der Waals surface area contributed by atoms with Crippen LogP contribution in [-0.4, -0.2) is 23.8 Å². The SMILES string of the molecule is C[C@@H](OC(=O)c1ccc(NC(=O)CC#N)cc1)C(=O)c1ccc(Cl)cc1. The van der Waals surface area contributed by atoms with Crippen molar-refractivity contribution in [3.8, 4) is 6.07 Å². The number of Topliss-reactive ketones (excluding diaryl/α,β-unsaturated/α-hetero) is 1. The van der Waals surface area contributed by atoms with Crippen LogP contribution in [0.25, 0.3) is 0 Å². The van der Waals surface area contributed by atoms with Crippen molar-refractivity contribution in [3.05, 3.63) is 64.7 Å². The number of anilines is 1. The summed E-state index contributed by atoms with van der Waals surface area (Å²) in [4.78, 5) is 35.8. The van der Waals surface area contributed by atoms with Crippen LogP contribution in [0.5, 0.6) is 0 Å². The zero-order valence-electron chi connectivity index (χ0n) is 13.9. The van der Waals surface area contributed by atoms with Gasteiger partial charge in [-0.1, -0.05) is 11.6 Å². The predicted octanol–water partition coefficient (Wildman–Crippen LogP) is 3.62. The van der Waals surface area contributed by atoms with Gasteiger partial charge in [0, 0.05) is 16.3 Å². The molecule has 0 heterocycles. The van der Waals surface area contributed by atoms with E-state index in [1.54, 1.807) is 30.3 Å². The average molecular weight is 371 g/mol. The third kappa shape index (κ3) is 5.16. The Bertz CT molecular complexity index is 855. The van der Waals surface area contributed by atoms with E-state index in [0.717, 1.165) is 0 Å². The third-order valence-corrected chi connectivity index (χ3v) is 3.68. The number of carbonyl (C=O) groups excluding carboxylic acids is 3. The van der Waals surface area contributed by atoms with Crippen molar-refractivity contribution >= 4 is 34.9 Å². The van der Waals surface area contributed by atoms with Gasteiger partial charge in [0.1, 0.15) is 6.42 Å². The van der Waals surface area contributed by atoms with Gasteiger partial charge >= 0.3 is 5.97 Å². The fraction of sp³-hybridized carbons (Fsp3) is 0.158. The lowest BCUT2D eigenvalue weighted by Crippen LogP contribution is -2.24. The highest BCUT2D eigenvalue weighted by atomic mass is 35.5. The van der Waals surface area contributed by atoms with E-state index >= 15 is 0 Å². The number of nitrogens with one attached hydrogen (secondary N) is 1. The monoisotopic (exact) mass is 370 g/mol. The number of hydrogen-bond acceptors (Lipinski definition) is 5. The number of benzene rings is 2. The van der Waals surface area contributed by atoms with E-state index in [4.69, 9.17) is 21.6 Å². The van der Waals surface area contributed by atoms with Crippen LogP contribution in [-0.2, 0) is 9.53 Å². The van der Waals surface area contributed by atoms with Crippen LogP contribution in [0, 0.1) is 11.3 Å². The van der Waals surface area contributed by atoms with Gasteiger partial charge in [0.2, 0.25) is 11.7 Å². The van der Waals surface area contributed by atoms with Crippen LogP contribution in [0.1, 0.15) is 34.1 Å². The molecular formula is C19H15ClN2O4. The molecule has 132 valence electrons. The maximum absolute atomic E-state index is 12.3. The molecule has 1 amide bonds. The standard InChI is InChI=1S/C19H15ClN2O4/c1-12(18(24)13-2-6-15(20)7-3-13)26-19(25)14-4-8-16(9-5-14)22-17(23)10-11-21/h2-9,12H,10H2,1H3,(H,22,23)/t12-/m1/s1. The molecule has 6 nitrogen and oxygen atoms in total. The van der Waals surface area contributed by atoms with Gasteiger partial charge in [-0.05, 0) is 55.5 Å². The van der Waals surface area contributed by atoms with Crippen LogP contribution < -0.4 is 5.32 Å². The summed E-state index contributed by atoms with van der Waals surface area (Å²) in [5.74, 6) is -1.44. The molecule has 0 bridgehead atoms. The van der Waals surface area contributed by atoms with Gasteiger partial charge < -0.3 is 10.1 Å². The van der Waals surface area contributed by atoms with Gasteiger partial charge in [0.05, 0.1) is 11.6 Å². The topological polar surface area (TPSA) is 96.3 Å². The second kappa shape index (κ2) is 8.79.